The van der Waals surface area contributed by atoms with Crippen LogP contribution in [0.1, 0.15) is 65.1 Å². The number of carbonyl (C=O) groups is 2. The highest BCUT2D eigenvalue weighted by Crippen LogP contribution is 2.32. The molecule has 0 radical (unpaired) electrons. The van der Waals surface area contributed by atoms with E-state index < -0.39 is 12.0 Å². The van der Waals surface area contributed by atoms with Gasteiger partial charge in [-0.3, -0.25) is 4.79 Å². The van der Waals surface area contributed by atoms with Crippen molar-refractivity contribution in [3.63, 3.8) is 0 Å². The molecule has 1 amide bonds. The summed E-state index contributed by atoms with van der Waals surface area (Å²) in [5.74, 6) is 1.15. The van der Waals surface area contributed by atoms with Crippen LogP contribution in [0.5, 0.6) is 11.5 Å². The zero-order valence-electron chi connectivity index (χ0n) is 27.5. The van der Waals surface area contributed by atoms with Crippen LogP contribution in [0.15, 0.2) is 97.2 Å². The number of hydrogen-bond acceptors (Lipinski definition) is 5. The van der Waals surface area contributed by atoms with E-state index in [4.69, 9.17) is 42.8 Å². The highest BCUT2D eigenvalue weighted by molar-refractivity contribution is 6.36. The van der Waals surface area contributed by atoms with E-state index >= 15 is 0 Å². The number of nitrogens with zero attached hydrogens (tertiary/aromatic N) is 2. The van der Waals surface area contributed by atoms with Gasteiger partial charge in [0.05, 0.1) is 29.4 Å². The molecule has 0 aliphatic carbocycles. The van der Waals surface area contributed by atoms with E-state index in [1.54, 1.807) is 43.5 Å². The summed E-state index contributed by atoms with van der Waals surface area (Å²) in [6, 6.07) is 27.0. The van der Waals surface area contributed by atoms with Gasteiger partial charge in [0.15, 0.2) is 0 Å². The van der Waals surface area contributed by atoms with Gasteiger partial charge in [-0.15, -0.1) is 0 Å². The maximum absolute atomic E-state index is 13.5. The van der Waals surface area contributed by atoms with Crippen LogP contribution in [-0.4, -0.2) is 33.6 Å². The summed E-state index contributed by atoms with van der Waals surface area (Å²) >= 11 is 12.8. The molecule has 0 fully saturated rings. The minimum atomic E-state index is -0.965. The molecule has 1 aromatic heterocycles. The third kappa shape index (κ3) is 9.87. The molecule has 0 unspecified atom stereocenters. The van der Waals surface area contributed by atoms with Gasteiger partial charge < -0.3 is 24.5 Å². The number of benzene rings is 4. The molecule has 0 aliphatic rings. The van der Waals surface area contributed by atoms with E-state index in [1.165, 1.54) is 0 Å². The quantitative estimate of drug-likeness (QED) is 0.107. The van der Waals surface area contributed by atoms with Crippen molar-refractivity contribution in [3.8, 4) is 22.8 Å². The zero-order chi connectivity index (χ0) is 34.8. The van der Waals surface area contributed by atoms with Crippen LogP contribution in [0.2, 0.25) is 10.0 Å². The Bertz CT molecular complexity index is 1860. The highest BCUT2D eigenvalue weighted by atomic mass is 35.5. The summed E-state index contributed by atoms with van der Waals surface area (Å²) < 4.78 is 13.3. The third-order valence-electron chi connectivity index (χ3n) is 8.18. The zero-order valence-corrected chi connectivity index (χ0v) is 29.0. The molecule has 1 heterocycles. The molecule has 1 atom stereocenters. The Kier molecular flexibility index (Phi) is 12.4. The number of carbonyl (C=O) groups excluding carboxylic acids is 1. The minimum Gasteiger partial charge on any atom is -0.497 e. The molecule has 5 rings (SSSR count). The molecule has 49 heavy (non-hydrogen) atoms. The second-order valence-corrected chi connectivity index (χ2v) is 12.6. The number of carboxylic acids is 1. The third-order valence-corrected chi connectivity index (χ3v) is 8.73. The first-order valence-corrected chi connectivity index (χ1v) is 17.0. The molecule has 0 saturated carbocycles. The van der Waals surface area contributed by atoms with Crippen LogP contribution in [0.4, 0.5) is 0 Å². The summed E-state index contributed by atoms with van der Waals surface area (Å²) in [4.78, 5) is 29.7. The summed E-state index contributed by atoms with van der Waals surface area (Å²) in [6.07, 6.45) is 5.34. The second kappa shape index (κ2) is 17.0. The number of nitrogens with one attached hydrogen (secondary N) is 1. The van der Waals surface area contributed by atoms with Gasteiger partial charge >= 0.3 is 5.97 Å². The molecule has 0 saturated heterocycles. The van der Waals surface area contributed by atoms with Crippen molar-refractivity contribution in [3.05, 3.63) is 135 Å². The van der Waals surface area contributed by atoms with Crippen molar-refractivity contribution in [1.29, 1.82) is 0 Å². The number of halogens is 2. The van der Waals surface area contributed by atoms with Crippen LogP contribution in [0.3, 0.4) is 0 Å². The Hall–Kier alpha value is -4.79. The monoisotopic (exact) mass is 699 g/mol. The molecule has 2 N–H and O–H groups in total. The number of aromatic nitrogens is 2. The van der Waals surface area contributed by atoms with E-state index in [1.807, 2.05) is 60.8 Å². The van der Waals surface area contributed by atoms with Gasteiger partial charge in [-0.25, -0.2) is 9.78 Å². The van der Waals surface area contributed by atoms with Crippen LogP contribution in [0, 0.1) is 0 Å². The van der Waals surface area contributed by atoms with Gasteiger partial charge in [0.2, 0.25) is 5.91 Å². The first-order chi connectivity index (χ1) is 23.7. The number of unbranched alkanes of at least 4 members (excludes halogenated alkanes) is 1. The average molecular weight is 701 g/mol. The lowest BCUT2D eigenvalue weighted by Crippen LogP contribution is -2.32. The largest absolute Gasteiger partial charge is 0.497 e. The molecule has 10 heteroatoms. The Balaban J connectivity index is 1.37. The lowest BCUT2D eigenvalue weighted by atomic mass is 10.0. The number of aromatic carboxylic acids is 1. The van der Waals surface area contributed by atoms with E-state index in [2.05, 4.69) is 16.8 Å². The number of ether oxygens (including phenoxy) is 2. The highest BCUT2D eigenvalue weighted by Gasteiger charge is 2.23. The lowest BCUT2D eigenvalue weighted by Gasteiger charge is -2.20. The summed E-state index contributed by atoms with van der Waals surface area (Å²) in [5.41, 5.74) is 4.62. The maximum Gasteiger partial charge on any atom is 0.335 e. The topological polar surface area (TPSA) is 103 Å². The summed E-state index contributed by atoms with van der Waals surface area (Å²) in [6.45, 7) is 3.18. The molecule has 0 spiro atoms. The smallest absolute Gasteiger partial charge is 0.335 e. The normalized spacial score (nSPS) is 11.6. The summed E-state index contributed by atoms with van der Waals surface area (Å²) in [7, 11) is 1.63. The Morgan fingerprint density at radius 1 is 0.898 bits per heavy atom. The first-order valence-electron chi connectivity index (χ1n) is 16.2. The number of imidazole rings is 1. The fourth-order valence-corrected chi connectivity index (χ4v) is 5.94. The molecule has 5 aromatic rings. The molecule has 8 nitrogen and oxygen atoms in total. The lowest BCUT2D eigenvalue weighted by molar-refractivity contribution is -0.121. The van der Waals surface area contributed by atoms with Crippen molar-refractivity contribution < 1.29 is 24.2 Å². The molecule has 0 bridgehead atoms. The van der Waals surface area contributed by atoms with Crippen molar-refractivity contribution >= 4 is 35.1 Å². The Morgan fingerprint density at radius 2 is 1.57 bits per heavy atom. The van der Waals surface area contributed by atoms with Crippen LogP contribution < -0.4 is 14.8 Å². The number of methoxy groups -OCH3 is 1. The van der Waals surface area contributed by atoms with Crippen molar-refractivity contribution in [1.82, 2.24) is 14.9 Å². The van der Waals surface area contributed by atoms with E-state index in [-0.39, 0.29) is 11.5 Å². The summed E-state index contributed by atoms with van der Waals surface area (Å²) in [5, 5.41) is 13.5. The molecular weight excluding hydrogens is 661 g/mol. The van der Waals surface area contributed by atoms with Gasteiger partial charge in [0.1, 0.15) is 23.9 Å². The van der Waals surface area contributed by atoms with Crippen molar-refractivity contribution in [2.24, 2.45) is 0 Å². The molecule has 0 aliphatic heterocycles. The number of hydrogen-bond donors (Lipinski definition) is 2. The van der Waals surface area contributed by atoms with Crippen LogP contribution >= 0.6 is 23.2 Å². The Labute approximate surface area is 296 Å². The predicted octanol–water partition coefficient (Wildman–Crippen LogP) is 8.98. The van der Waals surface area contributed by atoms with Gasteiger partial charge in [-0.2, -0.15) is 0 Å². The number of carboxylic acid groups (broad SMARTS) is 1. The fraction of sp³-hybridized carbons (Fsp3) is 0.256. The first kappa shape index (κ1) is 35.5. The molecule has 254 valence electrons. The van der Waals surface area contributed by atoms with E-state index in [9.17, 15) is 9.59 Å². The predicted molar refractivity (Wildman–Crippen MR) is 193 cm³/mol. The molecular formula is C39H39Cl2N3O5. The average Bonchev–Trinajstić information content (AvgIpc) is 3.53. The second-order valence-electron chi connectivity index (χ2n) is 11.8. The Morgan fingerprint density at radius 3 is 2.22 bits per heavy atom. The number of rotatable bonds is 16. The van der Waals surface area contributed by atoms with Crippen LogP contribution in [0.25, 0.3) is 11.3 Å². The standard InChI is InChI=1S/C39H39Cl2N3O5/c1-3-4-21-44-24-36(33-19-14-30(40)23-34(33)41)43-38(44)35(42-37(45)20-11-26-7-15-31(48-2)16-8-26)22-27-9-17-32(18-10-27)49-25-28-5-12-29(13-6-28)39(46)47/h5-10,12-19,23-24,35H,3-4,11,20-22,25H2,1-2H3,(H,42,45)(H,46,47)/t35-/m0/s1. The minimum absolute atomic E-state index is 0.0780. The number of aryl methyl sites for hydroxylation is 2. The van der Waals surface area contributed by atoms with Crippen LogP contribution in [-0.2, 0) is 30.8 Å². The van der Waals surface area contributed by atoms with Gasteiger partial charge in [-0.05, 0) is 90.6 Å². The van der Waals surface area contributed by atoms with E-state index in [0.29, 0.717) is 47.4 Å². The van der Waals surface area contributed by atoms with Gasteiger partial charge in [-0.1, -0.05) is 72.9 Å². The SMILES string of the molecule is CCCCn1cc(-c2ccc(Cl)cc2Cl)nc1[C@H](Cc1ccc(OCc2ccc(C(=O)O)cc2)cc1)NC(=O)CCc1ccc(OC)cc1. The maximum atomic E-state index is 13.5. The van der Waals surface area contributed by atoms with Crippen molar-refractivity contribution in [2.45, 2.75) is 58.2 Å². The molecule has 4 aromatic carbocycles. The number of amides is 1. The van der Waals surface area contributed by atoms with Gasteiger partial charge in [0, 0.05) is 29.7 Å². The van der Waals surface area contributed by atoms with Crippen molar-refractivity contribution in [2.75, 3.05) is 7.11 Å². The van der Waals surface area contributed by atoms with Gasteiger partial charge in [0.25, 0.3) is 0 Å². The fourth-order valence-electron chi connectivity index (χ4n) is 5.43. The van der Waals surface area contributed by atoms with E-state index in [0.717, 1.165) is 53.2 Å².